The van der Waals surface area contributed by atoms with Crippen LogP contribution in [0.15, 0.2) is 40.7 Å². The number of thiazole rings is 1. The first-order valence-corrected chi connectivity index (χ1v) is 9.96. The average Bonchev–Trinajstić information content (AvgIpc) is 3.19. The zero-order valence-corrected chi connectivity index (χ0v) is 16.5. The monoisotopic (exact) mass is 387 g/mol. The third-order valence-corrected chi connectivity index (χ3v) is 5.18. The van der Waals surface area contributed by atoms with Crippen molar-refractivity contribution in [3.8, 4) is 11.3 Å². The first-order valence-electron chi connectivity index (χ1n) is 9.08. The van der Waals surface area contributed by atoms with Crippen LogP contribution >= 0.6 is 11.3 Å². The van der Waals surface area contributed by atoms with Gasteiger partial charge in [0.05, 0.1) is 18.8 Å². The van der Waals surface area contributed by atoms with Crippen LogP contribution in [0.25, 0.3) is 11.3 Å². The molecule has 1 N–H and O–H groups in total. The second kappa shape index (κ2) is 9.36. The molecule has 0 saturated carbocycles. The predicted molar refractivity (Wildman–Crippen MR) is 108 cm³/mol. The number of nitrogens with zero attached hydrogens (tertiary/aromatic N) is 4. The molecule has 8 heteroatoms. The Bertz CT molecular complexity index is 769. The summed E-state index contributed by atoms with van der Waals surface area (Å²) in [6, 6.07) is 10.2. The average molecular weight is 388 g/mol. The van der Waals surface area contributed by atoms with E-state index < -0.39 is 0 Å². The normalized spacial score (nSPS) is 15.0. The maximum Gasteiger partial charge on any atom is 0.409 e. The molecule has 0 aliphatic carbocycles. The Kier molecular flexibility index (Phi) is 6.64. The summed E-state index contributed by atoms with van der Waals surface area (Å²) in [5, 5.41) is 6.47. The Morgan fingerprint density at radius 3 is 2.59 bits per heavy atom. The fraction of sp³-hybridized carbons (Fsp3) is 0.421. The van der Waals surface area contributed by atoms with Gasteiger partial charge in [-0.05, 0) is 6.92 Å². The number of rotatable bonds is 4. The summed E-state index contributed by atoms with van der Waals surface area (Å²) >= 11 is 1.64. The molecule has 3 rings (SSSR count). The van der Waals surface area contributed by atoms with Crippen LogP contribution in [0.4, 0.5) is 4.79 Å². The van der Waals surface area contributed by atoms with E-state index in [2.05, 4.69) is 32.7 Å². The molecular weight excluding hydrogens is 362 g/mol. The third kappa shape index (κ3) is 4.97. The molecule has 0 atom stereocenters. The van der Waals surface area contributed by atoms with Crippen LogP contribution < -0.4 is 5.32 Å². The van der Waals surface area contributed by atoms with Crippen LogP contribution in [0.2, 0.25) is 0 Å². The molecule has 0 bridgehead atoms. The molecule has 144 valence electrons. The highest BCUT2D eigenvalue weighted by Gasteiger charge is 2.23. The van der Waals surface area contributed by atoms with Gasteiger partial charge >= 0.3 is 6.09 Å². The molecule has 1 aliphatic rings. The van der Waals surface area contributed by atoms with Crippen molar-refractivity contribution < 1.29 is 9.53 Å². The lowest BCUT2D eigenvalue weighted by Gasteiger charge is -2.35. The van der Waals surface area contributed by atoms with Gasteiger partial charge in [-0.25, -0.2) is 9.78 Å². The second-order valence-corrected chi connectivity index (χ2v) is 7.01. The van der Waals surface area contributed by atoms with E-state index in [1.165, 1.54) is 0 Å². The number of aromatic nitrogens is 1. The summed E-state index contributed by atoms with van der Waals surface area (Å²) in [6.07, 6.45) is -0.240. The van der Waals surface area contributed by atoms with Gasteiger partial charge in [-0.15, -0.1) is 11.3 Å². The molecular formula is C19H25N5O2S. The Morgan fingerprint density at radius 1 is 1.22 bits per heavy atom. The van der Waals surface area contributed by atoms with Gasteiger partial charge in [0.15, 0.2) is 5.96 Å². The summed E-state index contributed by atoms with van der Waals surface area (Å²) in [6.45, 7) is 5.58. The van der Waals surface area contributed by atoms with Crippen LogP contribution in [0, 0.1) is 0 Å². The smallest absolute Gasteiger partial charge is 0.409 e. The van der Waals surface area contributed by atoms with Crippen molar-refractivity contribution in [2.45, 2.75) is 13.5 Å². The van der Waals surface area contributed by atoms with Gasteiger partial charge in [-0.1, -0.05) is 30.3 Å². The standard InChI is InChI=1S/C19H25N5O2S/c1-3-26-19(25)24-11-9-23(10-12-24)18(20-2)21-13-17-22-16(14-27-17)15-7-5-4-6-8-15/h4-8,14H,3,9-13H2,1-2H3,(H,20,21). The third-order valence-electron chi connectivity index (χ3n) is 4.34. The van der Waals surface area contributed by atoms with Crippen LogP contribution in [-0.2, 0) is 11.3 Å². The lowest BCUT2D eigenvalue weighted by molar-refractivity contribution is 0.0914. The number of hydrogen-bond donors (Lipinski definition) is 1. The number of carbonyl (C=O) groups is 1. The maximum atomic E-state index is 11.8. The van der Waals surface area contributed by atoms with Crippen molar-refractivity contribution in [2.75, 3.05) is 39.8 Å². The first kappa shape index (κ1) is 19.2. The first-order chi connectivity index (χ1) is 13.2. The summed E-state index contributed by atoms with van der Waals surface area (Å²) < 4.78 is 5.06. The molecule has 27 heavy (non-hydrogen) atoms. The number of amides is 1. The number of guanidine groups is 1. The van der Waals surface area contributed by atoms with Crippen LogP contribution in [0.3, 0.4) is 0 Å². The number of hydrogen-bond acceptors (Lipinski definition) is 5. The van der Waals surface area contributed by atoms with E-state index in [0.717, 1.165) is 35.3 Å². The number of piperazine rings is 1. The Hall–Kier alpha value is -2.61. The molecule has 1 amide bonds. The Balaban J connectivity index is 1.52. The summed E-state index contributed by atoms with van der Waals surface area (Å²) in [4.78, 5) is 24.8. The molecule has 2 heterocycles. The van der Waals surface area contributed by atoms with Crippen molar-refractivity contribution in [1.82, 2.24) is 20.1 Å². The molecule has 1 aromatic carbocycles. The lowest BCUT2D eigenvalue weighted by atomic mass is 10.2. The molecule has 1 aromatic heterocycles. The van der Waals surface area contributed by atoms with Crippen molar-refractivity contribution in [3.63, 3.8) is 0 Å². The molecule has 1 aliphatic heterocycles. The maximum absolute atomic E-state index is 11.8. The van der Waals surface area contributed by atoms with Crippen molar-refractivity contribution in [3.05, 3.63) is 40.7 Å². The van der Waals surface area contributed by atoms with Gasteiger partial charge in [-0.3, -0.25) is 4.99 Å². The highest BCUT2D eigenvalue weighted by molar-refractivity contribution is 7.09. The van der Waals surface area contributed by atoms with E-state index >= 15 is 0 Å². The van der Waals surface area contributed by atoms with E-state index in [1.807, 2.05) is 25.1 Å². The summed E-state index contributed by atoms with van der Waals surface area (Å²) in [5.74, 6) is 0.829. The molecule has 2 aromatic rings. The molecule has 0 spiro atoms. The zero-order chi connectivity index (χ0) is 19.1. The minimum atomic E-state index is -0.240. The summed E-state index contributed by atoms with van der Waals surface area (Å²) in [5.41, 5.74) is 2.12. The van der Waals surface area contributed by atoms with E-state index in [9.17, 15) is 4.79 Å². The molecule has 0 radical (unpaired) electrons. The molecule has 7 nitrogen and oxygen atoms in total. The second-order valence-electron chi connectivity index (χ2n) is 6.07. The van der Waals surface area contributed by atoms with Crippen molar-refractivity contribution >= 4 is 23.4 Å². The number of carbonyl (C=O) groups excluding carboxylic acids is 1. The van der Waals surface area contributed by atoms with Crippen LogP contribution in [0.1, 0.15) is 11.9 Å². The van der Waals surface area contributed by atoms with Gasteiger partial charge in [0.25, 0.3) is 0 Å². The number of benzene rings is 1. The van der Waals surface area contributed by atoms with E-state index in [-0.39, 0.29) is 6.09 Å². The highest BCUT2D eigenvalue weighted by atomic mass is 32.1. The highest BCUT2D eigenvalue weighted by Crippen LogP contribution is 2.21. The molecule has 0 unspecified atom stereocenters. The zero-order valence-electron chi connectivity index (χ0n) is 15.7. The Morgan fingerprint density at radius 2 is 1.93 bits per heavy atom. The summed E-state index contributed by atoms with van der Waals surface area (Å²) in [7, 11) is 1.78. The minimum absolute atomic E-state index is 0.240. The molecule has 1 saturated heterocycles. The minimum Gasteiger partial charge on any atom is -0.450 e. The van der Waals surface area contributed by atoms with Gasteiger partial charge in [0, 0.05) is 44.2 Å². The van der Waals surface area contributed by atoms with Gasteiger partial charge < -0.3 is 19.9 Å². The molecule has 1 fully saturated rings. The van der Waals surface area contributed by atoms with Gasteiger partial charge in [0.1, 0.15) is 5.01 Å². The van der Waals surface area contributed by atoms with Gasteiger partial charge in [-0.2, -0.15) is 0 Å². The largest absolute Gasteiger partial charge is 0.450 e. The van der Waals surface area contributed by atoms with E-state index in [4.69, 9.17) is 9.72 Å². The topological polar surface area (TPSA) is 70.1 Å². The SMILES string of the molecule is CCOC(=O)N1CCN(C(=NC)NCc2nc(-c3ccccc3)cs2)CC1. The van der Waals surface area contributed by atoms with Crippen molar-refractivity contribution in [2.24, 2.45) is 4.99 Å². The number of aliphatic imine (C=N–C) groups is 1. The van der Waals surface area contributed by atoms with E-state index in [1.54, 1.807) is 23.3 Å². The predicted octanol–water partition coefficient (Wildman–Crippen LogP) is 2.66. The van der Waals surface area contributed by atoms with Crippen LogP contribution in [0.5, 0.6) is 0 Å². The lowest BCUT2D eigenvalue weighted by Crippen LogP contribution is -2.53. The number of ether oxygens (including phenoxy) is 1. The Labute approximate surface area is 163 Å². The van der Waals surface area contributed by atoms with Gasteiger partial charge in [0.2, 0.25) is 0 Å². The fourth-order valence-corrected chi connectivity index (χ4v) is 3.68. The van der Waals surface area contributed by atoms with Crippen molar-refractivity contribution in [1.29, 1.82) is 0 Å². The number of nitrogens with one attached hydrogen (secondary N) is 1. The van der Waals surface area contributed by atoms with E-state index in [0.29, 0.717) is 26.2 Å². The fourth-order valence-electron chi connectivity index (χ4n) is 2.94. The quantitative estimate of drug-likeness (QED) is 0.645. The van der Waals surface area contributed by atoms with Crippen LogP contribution in [-0.4, -0.2) is 66.7 Å².